The quantitative estimate of drug-likeness (QED) is 0.770. The van der Waals surface area contributed by atoms with Crippen LogP contribution < -0.4 is 5.14 Å². The molecule has 0 aliphatic carbocycles. The van der Waals surface area contributed by atoms with Crippen molar-refractivity contribution in [1.29, 1.82) is 0 Å². The summed E-state index contributed by atoms with van der Waals surface area (Å²) >= 11 is 0. The Hall–Kier alpha value is -1.41. The molecule has 2 rings (SSSR count). The van der Waals surface area contributed by atoms with Gasteiger partial charge in [-0.3, -0.25) is 9.48 Å². The fourth-order valence-electron chi connectivity index (χ4n) is 2.08. The molecule has 0 saturated carbocycles. The molecule has 8 heteroatoms. The van der Waals surface area contributed by atoms with Gasteiger partial charge in [-0.05, 0) is 18.9 Å². The van der Waals surface area contributed by atoms with E-state index in [9.17, 15) is 13.2 Å². The molecular weight excluding hydrogens is 256 g/mol. The zero-order valence-corrected chi connectivity index (χ0v) is 10.9. The first-order valence-corrected chi connectivity index (χ1v) is 7.29. The highest BCUT2D eigenvalue weighted by atomic mass is 32.2. The number of hydrogen-bond donors (Lipinski definition) is 1. The number of aryl methyl sites for hydroxylation is 1. The van der Waals surface area contributed by atoms with Crippen LogP contribution in [0.4, 0.5) is 0 Å². The third kappa shape index (κ3) is 2.70. The van der Waals surface area contributed by atoms with Gasteiger partial charge in [0, 0.05) is 26.3 Å². The maximum absolute atomic E-state index is 12.1. The van der Waals surface area contributed by atoms with E-state index < -0.39 is 15.3 Å². The van der Waals surface area contributed by atoms with Crippen LogP contribution in [0.25, 0.3) is 0 Å². The highest BCUT2D eigenvalue weighted by molar-refractivity contribution is 7.89. The number of likely N-dealkylation sites (tertiary alicyclic amines) is 1. The molecule has 0 spiro atoms. The zero-order chi connectivity index (χ0) is 13.3. The van der Waals surface area contributed by atoms with Gasteiger partial charge in [-0.25, -0.2) is 13.6 Å². The molecule has 2 heterocycles. The van der Waals surface area contributed by atoms with Crippen molar-refractivity contribution in [3.8, 4) is 0 Å². The number of primary sulfonamides is 1. The third-order valence-corrected chi connectivity index (χ3v) is 4.38. The number of carbonyl (C=O) groups is 1. The highest BCUT2D eigenvalue weighted by Crippen LogP contribution is 2.17. The largest absolute Gasteiger partial charge is 0.336 e. The fraction of sp³-hybridized carbons (Fsp3) is 0.600. The third-order valence-electron chi connectivity index (χ3n) is 3.06. The molecule has 1 aliphatic heterocycles. The van der Waals surface area contributed by atoms with E-state index in [-0.39, 0.29) is 12.5 Å². The van der Waals surface area contributed by atoms with Crippen molar-refractivity contribution in [2.75, 3.05) is 13.1 Å². The molecule has 1 aromatic rings. The molecule has 18 heavy (non-hydrogen) atoms. The minimum absolute atomic E-state index is 0.147. The molecule has 2 N–H and O–H groups in total. The number of nitrogens with two attached hydrogens (primary N) is 1. The molecule has 1 aliphatic rings. The van der Waals surface area contributed by atoms with E-state index in [1.807, 2.05) is 0 Å². The van der Waals surface area contributed by atoms with Crippen molar-refractivity contribution in [3.05, 3.63) is 18.0 Å². The molecule has 100 valence electrons. The van der Waals surface area contributed by atoms with Gasteiger partial charge in [0.25, 0.3) is 5.91 Å². The number of aromatic nitrogens is 2. The molecule has 1 fully saturated rings. The Labute approximate surface area is 106 Å². The van der Waals surface area contributed by atoms with Gasteiger partial charge in [-0.15, -0.1) is 0 Å². The molecule has 0 aromatic carbocycles. The second-order valence-electron chi connectivity index (χ2n) is 4.48. The van der Waals surface area contributed by atoms with Crippen molar-refractivity contribution < 1.29 is 13.2 Å². The van der Waals surface area contributed by atoms with Crippen molar-refractivity contribution in [2.24, 2.45) is 12.2 Å². The maximum Gasteiger partial charge on any atom is 0.274 e. The van der Waals surface area contributed by atoms with E-state index in [2.05, 4.69) is 5.10 Å². The molecule has 1 saturated heterocycles. The van der Waals surface area contributed by atoms with Crippen molar-refractivity contribution in [2.45, 2.75) is 18.1 Å². The van der Waals surface area contributed by atoms with Gasteiger partial charge in [0.05, 0.1) is 5.25 Å². The average molecular weight is 272 g/mol. The summed E-state index contributed by atoms with van der Waals surface area (Å²) in [4.78, 5) is 13.6. The van der Waals surface area contributed by atoms with Crippen LogP contribution >= 0.6 is 0 Å². The van der Waals surface area contributed by atoms with Gasteiger partial charge in [-0.2, -0.15) is 5.10 Å². The van der Waals surface area contributed by atoms with Crippen LogP contribution in [0.1, 0.15) is 23.3 Å². The molecule has 0 radical (unpaired) electrons. The van der Waals surface area contributed by atoms with Gasteiger partial charge >= 0.3 is 0 Å². The summed E-state index contributed by atoms with van der Waals surface area (Å²) in [5.74, 6) is -0.246. The lowest BCUT2D eigenvalue weighted by molar-refractivity contribution is 0.0720. The minimum atomic E-state index is -3.59. The summed E-state index contributed by atoms with van der Waals surface area (Å²) in [5.41, 5.74) is 0.326. The van der Waals surface area contributed by atoms with Crippen LogP contribution in [0.3, 0.4) is 0 Å². The summed E-state index contributed by atoms with van der Waals surface area (Å²) in [5, 5.41) is 8.48. The molecular formula is C10H16N4O3S. The molecule has 1 unspecified atom stereocenters. The second-order valence-corrected chi connectivity index (χ2v) is 6.32. The Bertz CT molecular complexity index is 551. The van der Waals surface area contributed by atoms with Crippen LogP contribution in [-0.2, 0) is 17.1 Å². The normalized spacial score (nSPS) is 21.0. The molecule has 1 amide bonds. The fourth-order valence-corrected chi connectivity index (χ4v) is 2.96. The lowest BCUT2D eigenvalue weighted by Crippen LogP contribution is -2.47. The number of piperidine rings is 1. The lowest BCUT2D eigenvalue weighted by Gasteiger charge is -2.30. The van der Waals surface area contributed by atoms with Gasteiger partial charge in [0.2, 0.25) is 10.0 Å². The standard InChI is InChI=1S/C10H16N4O3S/c1-13-6-4-9(12-13)10(15)14-5-2-3-8(7-14)18(11,16)17/h4,6,8H,2-3,5,7H2,1H3,(H2,11,16,17). The summed E-state index contributed by atoms with van der Waals surface area (Å²) < 4.78 is 24.2. The van der Waals surface area contributed by atoms with E-state index in [1.54, 1.807) is 19.3 Å². The van der Waals surface area contributed by atoms with Crippen molar-refractivity contribution in [3.63, 3.8) is 0 Å². The Morgan fingerprint density at radius 3 is 2.83 bits per heavy atom. The Morgan fingerprint density at radius 2 is 2.28 bits per heavy atom. The molecule has 0 bridgehead atoms. The number of hydrogen-bond acceptors (Lipinski definition) is 4. The van der Waals surface area contributed by atoms with E-state index in [1.165, 1.54) is 9.58 Å². The predicted molar refractivity (Wildman–Crippen MR) is 65.2 cm³/mol. The van der Waals surface area contributed by atoms with Crippen LogP contribution in [0, 0.1) is 0 Å². The van der Waals surface area contributed by atoms with Crippen LogP contribution in [0.2, 0.25) is 0 Å². The molecule has 1 aromatic heterocycles. The number of carbonyl (C=O) groups excluding carboxylic acids is 1. The first kappa shape index (κ1) is 13.0. The van der Waals surface area contributed by atoms with Crippen LogP contribution in [0.5, 0.6) is 0 Å². The van der Waals surface area contributed by atoms with Crippen LogP contribution in [-0.4, -0.2) is 47.3 Å². The van der Waals surface area contributed by atoms with E-state index >= 15 is 0 Å². The van der Waals surface area contributed by atoms with Gasteiger partial charge < -0.3 is 4.90 Å². The number of sulfonamides is 1. The van der Waals surface area contributed by atoms with E-state index in [4.69, 9.17) is 5.14 Å². The zero-order valence-electron chi connectivity index (χ0n) is 10.1. The molecule has 1 atom stereocenters. The maximum atomic E-state index is 12.1. The topological polar surface area (TPSA) is 98.3 Å². The van der Waals surface area contributed by atoms with Crippen molar-refractivity contribution >= 4 is 15.9 Å². The second kappa shape index (κ2) is 4.69. The monoisotopic (exact) mass is 272 g/mol. The lowest BCUT2D eigenvalue weighted by atomic mass is 10.1. The Balaban J connectivity index is 2.12. The number of nitrogens with zero attached hydrogens (tertiary/aromatic N) is 3. The summed E-state index contributed by atoms with van der Waals surface area (Å²) in [6.45, 7) is 0.690. The SMILES string of the molecule is Cn1ccc(C(=O)N2CCCC(S(N)(=O)=O)C2)n1. The van der Waals surface area contributed by atoms with Gasteiger partial charge in [0.15, 0.2) is 0 Å². The Morgan fingerprint density at radius 1 is 1.56 bits per heavy atom. The first-order valence-electron chi connectivity index (χ1n) is 5.68. The van der Waals surface area contributed by atoms with Crippen LogP contribution in [0.15, 0.2) is 12.3 Å². The molecule has 7 nitrogen and oxygen atoms in total. The smallest absolute Gasteiger partial charge is 0.274 e. The summed E-state index contributed by atoms with van der Waals surface area (Å²) in [6, 6.07) is 1.61. The van der Waals surface area contributed by atoms with Gasteiger partial charge in [-0.1, -0.05) is 0 Å². The minimum Gasteiger partial charge on any atom is -0.336 e. The summed E-state index contributed by atoms with van der Waals surface area (Å²) in [6.07, 6.45) is 2.82. The first-order chi connectivity index (χ1) is 8.38. The number of amides is 1. The highest BCUT2D eigenvalue weighted by Gasteiger charge is 2.31. The Kier molecular flexibility index (Phi) is 3.40. The average Bonchev–Trinajstić information content (AvgIpc) is 2.74. The predicted octanol–water partition coefficient (Wildman–Crippen LogP) is -0.687. The number of rotatable bonds is 2. The van der Waals surface area contributed by atoms with Gasteiger partial charge in [0.1, 0.15) is 5.69 Å². The van der Waals surface area contributed by atoms with E-state index in [0.29, 0.717) is 25.1 Å². The van der Waals surface area contributed by atoms with E-state index in [0.717, 1.165) is 0 Å². The summed E-state index contributed by atoms with van der Waals surface area (Å²) in [7, 11) is -1.87. The van der Waals surface area contributed by atoms with Crippen molar-refractivity contribution in [1.82, 2.24) is 14.7 Å².